The minimum Gasteiger partial charge on any atom is -0.484 e. The molecule has 0 bridgehead atoms. The van der Waals surface area contributed by atoms with Crippen LogP contribution in [-0.4, -0.2) is 59.3 Å². The van der Waals surface area contributed by atoms with Crippen molar-refractivity contribution in [3.8, 4) is 5.75 Å². The van der Waals surface area contributed by atoms with E-state index in [0.29, 0.717) is 30.8 Å². The van der Waals surface area contributed by atoms with Gasteiger partial charge in [0.05, 0.1) is 0 Å². The molecule has 2 aromatic carbocycles. The fourth-order valence-corrected chi connectivity index (χ4v) is 4.30. The molecule has 0 aliphatic carbocycles. The number of amides is 1. The van der Waals surface area contributed by atoms with E-state index in [0.717, 1.165) is 41.3 Å². The number of Topliss-reactive ketones (excluding diaryl/α,β-unsaturated/α-hetero) is 1. The van der Waals surface area contributed by atoms with Gasteiger partial charge in [-0.2, -0.15) is 0 Å². The molecule has 1 N–H and O–H groups in total. The van der Waals surface area contributed by atoms with Crippen molar-refractivity contribution < 1.29 is 14.3 Å². The number of hydrogen-bond donors (Lipinski definition) is 1. The first-order valence-electron chi connectivity index (χ1n) is 11.0. The number of aryl methyl sites for hydroxylation is 1. The van der Waals surface area contributed by atoms with Crippen molar-refractivity contribution in [3.63, 3.8) is 0 Å². The molecule has 7 heteroatoms. The summed E-state index contributed by atoms with van der Waals surface area (Å²) in [4.78, 5) is 32.4. The minimum absolute atomic E-state index is 0.0108. The van der Waals surface area contributed by atoms with Crippen LogP contribution < -0.4 is 4.74 Å². The van der Waals surface area contributed by atoms with E-state index >= 15 is 0 Å². The fourth-order valence-electron chi connectivity index (χ4n) is 4.17. The van der Waals surface area contributed by atoms with E-state index in [1.807, 2.05) is 61.2 Å². The first-order chi connectivity index (χ1) is 15.4. The van der Waals surface area contributed by atoms with Gasteiger partial charge >= 0.3 is 0 Å². The van der Waals surface area contributed by atoms with E-state index in [9.17, 15) is 9.59 Å². The Morgan fingerprint density at radius 2 is 1.78 bits per heavy atom. The van der Waals surface area contributed by atoms with Crippen molar-refractivity contribution >= 4 is 34.2 Å². The van der Waals surface area contributed by atoms with Crippen LogP contribution in [0.5, 0.6) is 5.75 Å². The number of benzene rings is 2. The Balaban J connectivity index is 1.31. The summed E-state index contributed by atoms with van der Waals surface area (Å²) in [7, 11) is 0. The van der Waals surface area contributed by atoms with Gasteiger partial charge in [0, 0.05) is 66.3 Å². The second-order valence-corrected chi connectivity index (χ2v) is 8.62. The van der Waals surface area contributed by atoms with E-state index in [1.54, 1.807) is 0 Å². The number of fused-ring (bicyclic) bond motifs is 1. The standard InChI is InChI=1S/C25H28ClN3O3/c1-3-23(30)25-17(2)27-22-9-8-20(14-21(22)25)32-16-24(31)29-12-10-28(11-13-29)15-18-4-6-19(26)7-5-18/h4-9,14,27H,3,10-13,15-16H2,1-2H3. The Hall–Kier alpha value is -2.83. The average Bonchev–Trinajstić information content (AvgIpc) is 3.14. The number of carbonyl (C=O) groups excluding carboxylic acids is 2. The molecular weight excluding hydrogens is 426 g/mol. The van der Waals surface area contributed by atoms with E-state index in [4.69, 9.17) is 16.3 Å². The van der Waals surface area contributed by atoms with Crippen molar-refractivity contribution in [1.29, 1.82) is 0 Å². The lowest BCUT2D eigenvalue weighted by Gasteiger charge is -2.34. The van der Waals surface area contributed by atoms with Gasteiger partial charge in [-0.25, -0.2) is 0 Å². The number of halogens is 1. The van der Waals surface area contributed by atoms with Gasteiger partial charge in [0.25, 0.3) is 5.91 Å². The molecule has 1 amide bonds. The number of aromatic nitrogens is 1. The van der Waals surface area contributed by atoms with Crippen LogP contribution in [0.25, 0.3) is 10.9 Å². The third kappa shape index (κ3) is 4.97. The van der Waals surface area contributed by atoms with Crippen molar-refractivity contribution in [3.05, 3.63) is 64.3 Å². The molecule has 1 aliphatic heterocycles. The number of carbonyl (C=O) groups is 2. The number of ether oxygens (including phenoxy) is 1. The fraction of sp³-hybridized carbons (Fsp3) is 0.360. The summed E-state index contributed by atoms with van der Waals surface area (Å²) in [6, 6.07) is 13.5. The number of hydrogen-bond acceptors (Lipinski definition) is 4. The summed E-state index contributed by atoms with van der Waals surface area (Å²) in [6.45, 7) is 7.61. The molecule has 0 unspecified atom stereocenters. The third-order valence-electron chi connectivity index (χ3n) is 5.96. The summed E-state index contributed by atoms with van der Waals surface area (Å²) >= 11 is 5.95. The van der Waals surface area contributed by atoms with E-state index in [-0.39, 0.29) is 18.3 Å². The van der Waals surface area contributed by atoms with E-state index in [1.165, 1.54) is 5.56 Å². The lowest BCUT2D eigenvalue weighted by Crippen LogP contribution is -2.49. The Kier molecular flexibility index (Phi) is 6.82. The molecule has 0 atom stereocenters. The van der Waals surface area contributed by atoms with Gasteiger partial charge in [0.1, 0.15) is 5.75 Å². The highest BCUT2D eigenvalue weighted by Crippen LogP contribution is 2.27. The maximum atomic E-state index is 12.7. The van der Waals surface area contributed by atoms with Gasteiger partial charge in [-0.05, 0) is 42.8 Å². The molecule has 1 fully saturated rings. The number of rotatable bonds is 7. The van der Waals surface area contributed by atoms with Gasteiger partial charge in [0.15, 0.2) is 12.4 Å². The van der Waals surface area contributed by atoms with Crippen molar-refractivity contribution in [2.75, 3.05) is 32.8 Å². The van der Waals surface area contributed by atoms with Crippen LogP contribution in [0.2, 0.25) is 5.02 Å². The molecular formula is C25H28ClN3O3. The molecule has 168 valence electrons. The van der Waals surface area contributed by atoms with Gasteiger partial charge in [-0.1, -0.05) is 30.7 Å². The Morgan fingerprint density at radius 3 is 2.47 bits per heavy atom. The van der Waals surface area contributed by atoms with Crippen molar-refractivity contribution in [2.24, 2.45) is 0 Å². The molecule has 0 spiro atoms. The number of nitrogens with zero attached hydrogens (tertiary/aromatic N) is 2. The lowest BCUT2D eigenvalue weighted by atomic mass is 10.0. The van der Waals surface area contributed by atoms with Gasteiger partial charge in [0.2, 0.25) is 0 Å². The lowest BCUT2D eigenvalue weighted by molar-refractivity contribution is -0.135. The monoisotopic (exact) mass is 453 g/mol. The Labute approximate surface area is 193 Å². The zero-order valence-electron chi connectivity index (χ0n) is 18.5. The van der Waals surface area contributed by atoms with E-state index in [2.05, 4.69) is 9.88 Å². The SMILES string of the molecule is CCC(=O)c1c(C)[nH]c2ccc(OCC(=O)N3CCN(Cc4ccc(Cl)cc4)CC3)cc12. The second-order valence-electron chi connectivity index (χ2n) is 8.18. The highest BCUT2D eigenvalue weighted by atomic mass is 35.5. The summed E-state index contributed by atoms with van der Waals surface area (Å²) < 4.78 is 5.80. The van der Waals surface area contributed by atoms with E-state index < -0.39 is 0 Å². The summed E-state index contributed by atoms with van der Waals surface area (Å²) in [5.41, 5.74) is 3.68. The average molecular weight is 454 g/mol. The van der Waals surface area contributed by atoms with Crippen LogP contribution >= 0.6 is 11.6 Å². The smallest absolute Gasteiger partial charge is 0.260 e. The van der Waals surface area contributed by atoms with Gasteiger partial charge < -0.3 is 14.6 Å². The highest BCUT2D eigenvalue weighted by Gasteiger charge is 2.22. The number of aromatic amines is 1. The summed E-state index contributed by atoms with van der Waals surface area (Å²) in [5, 5.41) is 1.58. The number of piperazine rings is 1. The topological polar surface area (TPSA) is 65.6 Å². The molecule has 0 saturated carbocycles. The third-order valence-corrected chi connectivity index (χ3v) is 6.22. The molecule has 1 aromatic heterocycles. The summed E-state index contributed by atoms with van der Waals surface area (Å²) in [6.07, 6.45) is 0.446. The van der Waals surface area contributed by atoms with Crippen molar-refractivity contribution in [1.82, 2.24) is 14.8 Å². The van der Waals surface area contributed by atoms with Crippen LogP contribution in [0, 0.1) is 6.92 Å². The molecule has 0 radical (unpaired) electrons. The molecule has 32 heavy (non-hydrogen) atoms. The minimum atomic E-state index is -0.0219. The molecule has 2 heterocycles. The molecule has 1 aliphatic rings. The Morgan fingerprint density at radius 1 is 1.06 bits per heavy atom. The highest BCUT2D eigenvalue weighted by molar-refractivity contribution is 6.30. The first kappa shape index (κ1) is 22.4. The number of H-pyrrole nitrogens is 1. The van der Waals surface area contributed by atoms with Crippen LogP contribution in [0.15, 0.2) is 42.5 Å². The predicted molar refractivity (Wildman–Crippen MR) is 126 cm³/mol. The maximum absolute atomic E-state index is 12.7. The van der Waals surface area contributed by atoms with Crippen LogP contribution in [-0.2, 0) is 11.3 Å². The van der Waals surface area contributed by atoms with Crippen molar-refractivity contribution in [2.45, 2.75) is 26.8 Å². The number of ketones is 1. The largest absolute Gasteiger partial charge is 0.484 e. The molecule has 4 rings (SSSR count). The second kappa shape index (κ2) is 9.76. The zero-order chi connectivity index (χ0) is 22.7. The Bertz CT molecular complexity index is 1120. The maximum Gasteiger partial charge on any atom is 0.260 e. The molecule has 3 aromatic rings. The predicted octanol–water partition coefficient (Wildman–Crippen LogP) is 4.45. The van der Waals surface area contributed by atoms with Gasteiger partial charge in [-0.15, -0.1) is 0 Å². The zero-order valence-corrected chi connectivity index (χ0v) is 19.2. The molecule has 6 nitrogen and oxygen atoms in total. The van der Waals surface area contributed by atoms with Crippen LogP contribution in [0.3, 0.4) is 0 Å². The summed E-state index contributed by atoms with van der Waals surface area (Å²) in [5.74, 6) is 0.668. The first-order valence-corrected chi connectivity index (χ1v) is 11.3. The van der Waals surface area contributed by atoms with Crippen LogP contribution in [0.1, 0.15) is 35.0 Å². The molecule has 1 saturated heterocycles. The van der Waals surface area contributed by atoms with Crippen LogP contribution in [0.4, 0.5) is 0 Å². The normalized spacial score (nSPS) is 14.7. The van der Waals surface area contributed by atoms with Gasteiger partial charge in [-0.3, -0.25) is 14.5 Å². The quantitative estimate of drug-likeness (QED) is 0.537. The number of nitrogens with one attached hydrogen (secondary N) is 1.